The molecule has 2 aromatic rings. The maximum absolute atomic E-state index is 12.8. The number of Topliss-reactive ketones (excluding diaryl/α,β-unsaturated/α-hetero) is 1. The molecule has 2 rings (SSSR count). The molecule has 0 bridgehead atoms. The zero-order chi connectivity index (χ0) is 19.4. The standard InChI is InChI=1S/C20H27N3O2S/c1-12(2)11-23-14(4)13(3)21-20(23)26-15(5)19(25)17-7-9-18(10-8-17)22-16(6)24/h7-10,12,15H,11H2,1-6H3,(H,22,24). The molecule has 1 N–H and O–H groups in total. The summed E-state index contributed by atoms with van der Waals surface area (Å²) < 4.78 is 2.20. The van der Waals surface area contributed by atoms with E-state index in [-0.39, 0.29) is 16.9 Å². The molecule has 0 saturated carbocycles. The minimum Gasteiger partial charge on any atom is -0.326 e. The second kappa shape index (κ2) is 8.54. The smallest absolute Gasteiger partial charge is 0.221 e. The van der Waals surface area contributed by atoms with Crippen molar-refractivity contribution >= 4 is 29.1 Å². The van der Waals surface area contributed by atoms with Crippen LogP contribution >= 0.6 is 11.8 Å². The van der Waals surface area contributed by atoms with Gasteiger partial charge >= 0.3 is 0 Å². The van der Waals surface area contributed by atoms with Crippen molar-refractivity contribution in [2.24, 2.45) is 5.92 Å². The van der Waals surface area contributed by atoms with E-state index in [2.05, 4.69) is 35.6 Å². The van der Waals surface area contributed by atoms with Crippen molar-refractivity contribution in [1.29, 1.82) is 0 Å². The highest BCUT2D eigenvalue weighted by Crippen LogP contribution is 2.28. The van der Waals surface area contributed by atoms with E-state index in [4.69, 9.17) is 0 Å². The van der Waals surface area contributed by atoms with Gasteiger partial charge in [-0.05, 0) is 51.0 Å². The normalized spacial score (nSPS) is 12.3. The molecular formula is C20H27N3O2S. The maximum Gasteiger partial charge on any atom is 0.221 e. The third-order valence-corrected chi connectivity index (χ3v) is 5.20. The van der Waals surface area contributed by atoms with Crippen LogP contribution in [0.15, 0.2) is 29.4 Å². The van der Waals surface area contributed by atoms with Gasteiger partial charge in [0.05, 0.1) is 10.9 Å². The number of ketones is 1. The highest BCUT2D eigenvalue weighted by Gasteiger charge is 2.21. The van der Waals surface area contributed by atoms with Crippen LogP contribution in [0.3, 0.4) is 0 Å². The Kier molecular flexibility index (Phi) is 6.64. The van der Waals surface area contributed by atoms with Crippen LogP contribution in [-0.2, 0) is 11.3 Å². The SMILES string of the molecule is CC(=O)Nc1ccc(C(=O)C(C)Sc2nc(C)c(C)n2CC(C)C)cc1. The van der Waals surface area contributed by atoms with Crippen LogP contribution in [0, 0.1) is 19.8 Å². The molecule has 1 aromatic heterocycles. The first kappa shape index (κ1) is 20.2. The van der Waals surface area contributed by atoms with Crippen LogP contribution in [0.25, 0.3) is 0 Å². The third-order valence-electron chi connectivity index (χ3n) is 4.11. The molecule has 1 atom stereocenters. The molecule has 1 unspecified atom stereocenters. The van der Waals surface area contributed by atoms with Crippen LogP contribution in [0.2, 0.25) is 0 Å². The summed E-state index contributed by atoms with van der Waals surface area (Å²) in [5, 5.41) is 3.36. The lowest BCUT2D eigenvalue weighted by molar-refractivity contribution is -0.114. The van der Waals surface area contributed by atoms with Gasteiger partial charge < -0.3 is 9.88 Å². The Labute approximate surface area is 159 Å². The molecule has 1 amide bonds. The van der Waals surface area contributed by atoms with Gasteiger partial charge in [-0.15, -0.1) is 0 Å². The van der Waals surface area contributed by atoms with E-state index in [1.165, 1.54) is 18.7 Å². The van der Waals surface area contributed by atoms with Gasteiger partial charge in [-0.3, -0.25) is 9.59 Å². The number of nitrogens with zero attached hydrogens (tertiary/aromatic N) is 2. The number of amides is 1. The first-order valence-corrected chi connectivity index (χ1v) is 9.69. The van der Waals surface area contributed by atoms with Gasteiger partial charge in [0, 0.05) is 30.4 Å². The summed E-state index contributed by atoms with van der Waals surface area (Å²) in [5.74, 6) is 0.434. The number of anilines is 1. The molecule has 5 nitrogen and oxygen atoms in total. The van der Waals surface area contributed by atoms with Crippen molar-refractivity contribution < 1.29 is 9.59 Å². The van der Waals surface area contributed by atoms with Crippen LogP contribution in [0.5, 0.6) is 0 Å². The van der Waals surface area contributed by atoms with Crippen molar-refractivity contribution in [2.45, 2.75) is 58.5 Å². The van der Waals surface area contributed by atoms with E-state index in [0.29, 0.717) is 17.2 Å². The number of imidazole rings is 1. The van der Waals surface area contributed by atoms with Gasteiger partial charge in [0.25, 0.3) is 0 Å². The summed E-state index contributed by atoms with van der Waals surface area (Å²) in [4.78, 5) is 28.5. The van der Waals surface area contributed by atoms with Gasteiger partial charge in [0.2, 0.25) is 5.91 Å². The van der Waals surface area contributed by atoms with Gasteiger partial charge in [0.15, 0.2) is 10.9 Å². The van der Waals surface area contributed by atoms with Crippen molar-refractivity contribution in [2.75, 3.05) is 5.32 Å². The molecule has 0 spiro atoms. The fourth-order valence-electron chi connectivity index (χ4n) is 2.66. The van der Waals surface area contributed by atoms with Gasteiger partial charge in [-0.1, -0.05) is 25.6 Å². The Bertz CT molecular complexity index is 794. The van der Waals surface area contributed by atoms with E-state index < -0.39 is 0 Å². The average Bonchev–Trinajstić information content (AvgIpc) is 2.81. The Morgan fingerprint density at radius 1 is 1.15 bits per heavy atom. The number of thioether (sulfide) groups is 1. The number of rotatable bonds is 7. The molecule has 140 valence electrons. The number of benzene rings is 1. The Morgan fingerprint density at radius 3 is 2.31 bits per heavy atom. The second-order valence-corrected chi connectivity index (χ2v) is 8.26. The van der Waals surface area contributed by atoms with Gasteiger partial charge in [-0.25, -0.2) is 4.98 Å². The van der Waals surface area contributed by atoms with Crippen molar-refractivity contribution in [3.8, 4) is 0 Å². The van der Waals surface area contributed by atoms with Crippen LogP contribution < -0.4 is 5.32 Å². The van der Waals surface area contributed by atoms with Gasteiger partial charge in [0.1, 0.15) is 0 Å². The number of hydrogen-bond acceptors (Lipinski definition) is 4. The topological polar surface area (TPSA) is 64.0 Å². The molecule has 0 saturated heterocycles. The largest absolute Gasteiger partial charge is 0.326 e. The van der Waals surface area contributed by atoms with E-state index >= 15 is 0 Å². The molecule has 0 fully saturated rings. The van der Waals surface area contributed by atoms with E-state index in [0.717, 1.165) is 23.1 Å². The van der Waals surface area contributed by atoms with Crippen molar-refractivity contribution in [3.63, 3.8) is 0 Å². The number of aryl methyl sites for hydroxylation is 1. The molecule has 6 heteroatoms. The zero-order valence-corrected chi connectivity index (χ0v) is 17.1. The van der Waals surface area contributed by atoms with E-state index in [1.807, 2.05) is 13.8 Å². The lowest BCUT2D eigenvalue weighted by atomic mass is 10.1. The fourth-order valence-corrected chi connectivity index (χ4v) is 3.75. The summed E-state index contributed by atoms with van der Waals surface area (Å²) in [7, 11) is 0. The summed E-state index contributed by atoms with van der Waals surface area (Å²) in [5.41, 5.74) is 3.48. The summed E-state index contributed by atoms with van der Waals surface area (Å²) in [6.45, 7) is 12.7. The monoisotopic (exact) mass is 373 g/mol. The number of carbonyl (C=O) groups excluding carboxylic acids is 2. The molecule has 0 radical (unpaired) electrons. The molecular weight excluding hydrogens is 346 g/mol. The Balaban J connectivity index is 2.14. The highest BCUT2D eigenvalue weighted by molar-refractivity contribution is 8.00. The highest BCUT2D eigenvalue weighted by atomic mass is 32.2. The summed E-state index contributed by atoms with van der Waals surface area (Å²) in [6, 6.07) is 7.00. The zero-order valence-electron chi connectivity index (χ0n) is 16.3. The predicted molar refractivity (Wildman–Crippen MR) is 107 cm³/mol. The molecule has 1 aromatic carbocycles. The summed E-state index contributed by atoms with van der Waals surface area (Å²) >= 11 is 1.50. The molecule has 0 aliphatic carbocycles. The average molecular weight is 374 g/mol. The minimum absolute atomic E-state index is 0.0544. The van der Waals surface area contributed by atoms with Crippen LogP contribution in [0.4, 0.5) is 5.69 Å². The molecule has 0 aliphatic rings. The fraction of sp³-hybridized carbons (Fsp3) is 0.450. The number of nitrogens with one attached hydrogen (secondary N) is 1. The minimum atomic E-state index is -0.242. The quantitative estimate of drug-likeness (QED) is 0.574. The van der Waals surface area contributed by atoms with E-state index in [1.54, 1.807) is 24.3 Å². The third kappa shape index (κ3) is 4.97. The maximum atomic E-state index is 12.8. The number of carbonyl (C=O) groups is 2. The second-order valence-electron chi connectivity index (χ2n) is 6.95. The Morgan fingerprint density at radius 2 is 1.77 bits per heavy atom. The number of hydrogen-bond donors (Lipinski definition) is 1. The van der Waals surface area contributed by atoms with E-state index in [9.17, 15) is 9.59 Å². The first-order valence-electron chi connectivity index (χ1n) is 8.81. The van der Waals surface area contributed by atoms with Crippen LogP contribution in [0.1, 0.15) is 49.4 Å². The first-order chi connectivity index (χ1) is 12.2. The Hall–Kier alpha value is -2.08. The number of aromatic nitrogens is 2. The predicted octanol–water partition coefficient (Wildman–Crippen LogP) is 4.48. The van der Waals surface area contributed by atoms with Crippen LogP contribution in [-0.4, -0.2) is 26.5 Å². The molecule has 1 heterocycles. The van der Waals surface area contributed by atoms with Crippen molar-refractivity contribution in [1.82, 2.24) is 9.55 Å². The lowest BCUT2D eigenvalue weighted by Gasteiger charge is -2.15. The summed E-state index contributed by atoms with van der Waals surface area (Å²) in [6.07, 6.45) is 0. The molecule has 0 aliphatic heterocycles. The molecule has 26 heavy (non-hydrogen) atoms. The van der Waals surface area contributed by atoms with Crippen molar-refractivity contribution in [3.05, 3.63) is 41.2 Å². The lowest BCUT2D eigenvalue weighted by Crippen LogP contribution is -2.16. The van der Waals surface area contributed by atoms with Gasteiger partial charge in [-0.2, -0.15) is 0 Å².